The van der Waals surface area contributed by atoms with Gasteiger partial charge in [0.05, 0.1) is 11.4 Å². The molecule has 2 aliphatic rings. The molecule has 30 heavy (non-hydrogen) atoms. The number of anilines is 1. The van der Waals surface area contributed by atoms with E-state index in [-0.39, 0.29) is 5.91 Å². The largest absolute Gasteiger partial charge is 0.303 e. The highest BCUT2D eigenvalue weighted by molar-refractivity contribution is 7.99. The van der Waals surface area contributed by atoms with Crippen LogP contribution in [0.1, 0.15) is 60.2 Å². The molecule has 2 fully saturated rings. The average Bonchev–Trinajstić information content (AvgIpc) is 3.65. The van der Waals surface area contributed by atoms with E-state index in [0.29, 0.717) is 22.8 Å². The van der Waals surface area contributed by atoms with Crippen molar-refractivity contribution in [2.24, 2.45) is 0 Å². The van der Waals surface area contributed by atoms with Gasteiger partial charge in [0.1, 0.15) is 5.82 Å². The quantitative estimate of drug-likeness (QED) is 0.508. The number of aryl methyl sites for hydroxylation is 3. The highest BCUT2D eigenvalue weighted by atomic mass is 32.2. The van der Waals surface area contributed by atoms with Crippen molar-refractivity contribution in [2.45, 2.75) is 63.6 Å². The molecule has 2 aromatic heterocycles. The van der Waals surface area contributed by atoms with Gasteiger partial charge >= 0.3 is 0 Å². The number of hydrogen-bond acceptors (Lipinski definition) is 6. The van der Waals surface area contributed by atoms with Crippen LogP contribution in [0.25, 0.3) is 11.3 Å². The number of thiazole rings is 1. The molecular weight excluding hydrogens is 414 g/mol. The Morgan fingerprint density at radius 1 is 1.13 bits per heavy atom. The SMILES string of the molecule is Cc1cc(C)c(-c2csc(NC(=O)CSc3nnc(C4CC4)n3C3CC3)n2)cc1C. The van der Waals surface area contributed by atoms with Crippen LogP contribution in [0, 0.1) is 20.8 Å². The number of thioether (sulfide) groups is 1. The van der Waals surface area contributed by atoms with Gasteiger partial charge in [-0.15, -0.1) is 21.5 Å². The Kier molecular flexibility index (Phi) is 5.14. The summed E-state index contributed by atoms with van der Waals surface area (Å²) in [5.74, 6) is 1.95. The first-order valence-corrected chi connectivity index (χ1v) is 12.3. The smallest absolute Gasteiger partial charge is 0.236 e. The molecule has 5 rings (SSSR count). The van der Waals surface area contributed by atoms with Gasteiger partial charge in [-0.25, -0.2) is 4.98 Å². The van der Waals surface area contributed by atoms with Crippen LogP contribution in [0.5, 0.6) is 0 Å². The summed E-state index contributed by atoms with van der Waals surface area (Å²) in [7, 11) is 0. The first kappa shape index (κ1) is 19.8. The normalized spacial score (nSPS) is 16.1. The minimum atomic E-state index is -0.0592. The molecule has 1 N–H and O–H groups in total. The summed E-state index contributed by atoms with van der Waals surface area (Å²) in [6.45, 7) is 6.33. The topological polar surface area (TPSA) is 72.7 Å². The van der Waals surface area contributed by atoms with Gasteiger partial charge in [0.15, 0.2) is 10.3 Å². The van der Waals surface area contributed by atoms with E-state index >= 15 is 0 Å². The molecule has 8 heteroatoms. The maximum Gasteiger partial charge on any atom is 0.236 e. The van der Waals surface area contributed by atoms with Gasteiger partial charge in [-0.05, 0) is 69.2 Å². The van der Waals surface area contributed by atoms with E-state index in [1.54, 1.807) is 0 Å². The Balaban J connectivity index is 1.24. The lowest BCUT2D eigenvalue weighted by molar-refractivity contribution is -0.113. The van der Waals surface area contributed by atoms with Crippen molar-refractivity contribution in [3.05, 3.63) is 40.0 Å². The van der Waals surface area contributed by atoms with E-state index in [2.05, 4.69) is 58.0 Å². The lowest BCUT2D eigenvalue weighted by Crippen LogP contribution is -2.14. The van der Waals surface area contributed by atoms with Crippen LogP contribution >= 0.6 is 23.1 Å². The molecule has 2 heterocycles. The third-order valence-corrected chi connectivity index (χ3v) is 7.45. The zero-order valence-corrected chi connectivity index (χ0v) is 19.1. The molecule has 156 valence electrons. The van der Waals surface area contributed by atoms with Gasteiger partial charge in [0.25, 0.3) is 0 Å². The summed E-state index contributed by atoms with van der Waals surface area (Å²) in [5, 5.41) is 15.2. The van der Waals surface area contributed by atoms with Crippen LogP contribution in [-0.2, 0) is 4.79 Å². The number of nitrogens with zero attached hydrogens (tertiary/aromatic N) is 4. The second-order valence-electron chi connectivity index (χ2n) is 8.34. The van der Waals surface area contributed by atoms with Gasteiger partial charge in [-0.1, -0.05) is 17.8 Å². The van der Waals surface area contributed by atoms with E-state index < -0.39 is 0 Å². The fourth-order valence-corrected chi connectivity index (χ4v) is 5.20. The van der Waals surface area contributed by atoms with Crippen LogP contribution < -0.4 is 5.32 Å². The van der Waals surface area contributed by atoms with Crippen LogP contribution in [0.4, 0.5) is 5.13 Å². The Labute approximate surface area is 184 Å². The van der Waals surface area contributed by atoms with Gasteiger partial charge in [-0.3, -0.25) is 4.79 Å². The second-order valence-corrected chi connectivity index (χ2v) is 10.1. The minimum absolute atomic E-state index is 0.0592. The lowest BCUT2D eigenvalue weighted by Gasteiger charge is -2.08. The summed E-state index contributed by atoms with van der Waals surface area (Å²) < 4.78 is 2.28. The van der Waals surface area contributed by atoms with Crippen molar-refractivity contribution < 1.29 is 4.79 Å². The predicted octanol–water partition coefficient (Wildman–Crippen LogP) is 5.27. The first-order valence-electron chi connectivity index (χ1n) is 10.4. The van der Waals surface area contributed by atoms with Crippen LogP contribution in [0.15, 0.2) is 22.7 Å². The van der Waals surface area contributed by atoms with E-state index in [4.69, 9.17) is 0 Å². The maximum absolute atomic E-state index is 12.5. The van der Waals surface area contributed by atoms with Crippen LogP contribution in [-0.4, -0.2) is 31.4 Å². The van der Waals surface area contributed by atoms with Crippen molar-refractivity contribution in [3.63, 3.8) is 0 Å². The lowest BCUT2D eigenvalue weighted by atomic mass is 9.99. The van der Waals surface area contributed by atoms with E-state index in [9.17, 15) is 4.79 Å². The van der Waals surface area contributed by atoms with Crippen molar-refractivity contribution in [2.75, 3.05) is 11.1 Å². The standard InChI is InChI=1S/C22H25N5OS2/c1-12-8-14(3)17(9-13(12)2)18-10-29-21(23-18)24-19(28)11-30-22-26-25-20(15-4-5-15)27(22)16-6-7-16/h8-10,15-16H,4-7,11H2,1-3H3,(H,23,24,28). The number of nitrogens with one attached hydrogen (secondary N) is 1. The summed E-state index contributed by atoms with van der Waals surface area (Å²) >= 11 is 2.93. The minimum Gasteiger partial charge on any atom is -0.303 e. The first-order chi connectivity index (χ1) is 14.5. The summed E-state index contributed by atoms with van der Waals surface area (Å²) in [6.07, 6.45) is 4.80. The van der Waals surface area contributed by atoms with Crippen LogP contribution in [0.3, 0.4) is 0 Å². The van der Waals surface area contributed by atoms with Gasteiger partial charge in [0.2, 0.25) is 5.91 Å². The summed E-state index contributed by atoms with van der Waals surface area (Å²) in [4.78, 5) is 17.2. The van der Waals surface area contributed by atoms with E-state index in [1.165, 1.54) is 65.5 Å². The Bertz CT molecular complexity index is 1110. The van der Waals surface area contributed by atoms with Crippen molar-refractivity contribution in [3.8, 4) is 11.3 Å². The summed E-state index contributed by atoms with van der Waals surface area (Å²) in [6, 6.07) is 4.89. The van der Waals surface area contributed by atoms with Gasteiger partial charge in [-0.2, -0.15) is 0 Å². The molecule has 2 saturated carbocycles. The molecule has 0 aliphatic heterocycles. The number of benzene rings is 1. The molecule has 1 aromatic carbocycles. The molecule has 2 aliphatic carbocycles. The maximum atomic E-state index is 12.5. The number of rotatable bonds is 7. The van der Waals surface area contributed by atoms with Crippen molar-refractivity contribution >= 4 is 34.1 Å². The van der Waals surface area contributed by atoms with Crippen LogP contribution in [0.2, 0.25) is 0 Å². The predicted molar refractivity (Wildman–Crippen MR) is 121 cm³/mol. The molecule has 0 atom stereocenters. The molecule has 1 amide bonds. The molecule has 0 saturated heterocycles. The highest BCUT2D eigenvalue weighted by Gasteiger charge is 2.36. The molecule has 0 bridgehead atoms. The third-order valence-electron chi connectivity index (χ3n) is 5.74. The van der Waals surface area contributed by atoms with E-state index in [0.717, 1.165) is 22.2 Å². The monoisotopic (exact) mass is 439 g/mol. The molecule has 3 aromatic rings. The van der Waals surface area contributed by atoms with E-state index in [1.807, 2.05) is 5.38 Å². The van der Waals surface area contributed by atoms with Gasteiger partial charge < -0.3 is 9.88 Å². The Morgan fingerprint density at radius 2 is 1.90 bits per heavy atom. The summed E-state index contributed by atoms with van der Waals surface area (Å²) in [5.41, 5.74) is 5.75. The number of carbonyl (C=O) groups excluding carboxylic acids is 1. The fourth-order valence-electron chi connectivity index (χ4n) is 3.66. The Hall–Kier alpha value is -2.19. The molecule has 0 spiro atoms. The fraction of sp³-hybridized carbons (Fsp3) is 0.455. The van der Waals surface area contributed by atoms with Gasteiger partial charge in [0, 0.05) is 22.9 Å². The number of hydrogen-bond donors (Lipinski definition) is 1. The zero-order valence-electron chi connectivity index (χ0n) is 17.4. The second kappa shape index (κ2) is 7.81. The molecular formula is C22H25N5OS2. The number of aromatic nitrogens is 4. The third kappa shape index (κ3) is 4.03. The zero-order chi connectivity index (χ0) is 20.8. The number of amides is 1. The molecule has 0 radical (unpaired) electrons. The average molecular weight is 440 g/mol. The number of carbonyl (C=O) groups is 1. The van der Waals surface area contributed by atoms with Crippen molar-refractivity contribution in [1.29, 1.82) is 0 Å². The molecule has 0 unspecified atom stereocenters. The van der Waals surface area contributed by atoms with Crippen molar-refractivity contribution in [1.82, 2.24) is 19.7 Å². The Morgan fingerprint density at radius 3 is 2.63 bits per heavy atom. The molecule has 6 nitrogen and oxygen atoms in total. The highest BCUT2D eigenvalue weighted by Crippen LogP contribution is 2.46.